The molecular weight excluding hydrogens is 374 g/mol. The van der Waals surface area contributed by atoms with E-state index in [1.807, 2.05) is 24.8 Å². The SMILES string of the molecule is CC(C)NC(=O)c1ccc(CN(Cc2ccc(F)cc2)Cc2cccc(F)c2)o1. The van der Waals surface area contributed by atoms with Gasteiger partial charge in [-0.3, -0.25) is 9.69 Å². The molecule has 0 aliphatic heterocycles. The highest BCUT2D eigenvalue weighted by Gasteiger charge is 2.15. The topological polar surface area (TPSA) is 45.5 Å². The molecule has 0 aliphatic carbocycles. The summed E-state index contributed by atoms with van der Waals surface area (Å²) in [4.78, 5) is 14.2. The van der Waals surface area contributed by atoms with Crippen LogP contribution in [0.25, 0.3) is 0 Å². The second-order valence-electron chi connectivity index (χ2n) is 7.30. The number of nitrogens with one attached hydrogen (secondary N) is 1. The number of hydrogen-bond donors (Lipinski definition) is 1. The van der Waals surface area contributed by atoms with Crippen LogP contribution in [0.3, 0.4) is 0 Å². The standard InChI is InChI=1S/C23H24F2N2O2/c1-16(2)26-23(28)22-11-10-21(29-22)15-27(13-17-6-8-19(24)9-7-17)14-18-4-3-5-20(25)12-18/h3-12,16H,13-15H2,1-2H3,(H,26,28). The molecule has 3 aromatic rings. The fourth-order valence-corrected chi connectivity index (χ4v) is 3.05. The van der Waals surface area contributed by atoms with Crippen LogP contribution in [0.5, 0.6) is 0 Å². The van der Waals surface area contributed by atoms with Crippen molar-refractivity contribution in [2.45, 2.75) is 39.5 Å². The molecule has 152 valence electrons. The number of nitrogens with zero attached hydrogens (tertiary/aromatic N) is 1. The Bertz CT molecular complexity index is 952. The third-order valence-electron chi connectivity index (χ3n) is 4.30. The van der Waals surface area contributed by atoms with E-state index < -0.39 is 0 Å². The molecule has 0 saturated heterocycles. The number of benzene rings is 2. The molecular formula is C23H24F2N2O2. The Labute approximate surface area is 169 Å². The Kier molecular flexibility index (Phi) is 6.77. The van der Waals surface area contributed by atoms with Gasteiger partial charge in [-0.1, -0.05) is 24.3 Å². The van der Waals surface area contributed by atoms with Crippen molar-refractivity contribution < 1.29 is 18.0 Å². The van der Waals surface area contributed by atoms with Gasteiger partial charge >= 0.3 is 0 Å². The van der Waals surface area contributed by atoms with Gasteiger partial charge in [0.25, 0.3) is 5.91 Å². The van der Waals surface area contributed by atoms with Crippen LogP contribution in [0.4, 0.5) is 8.78 Å². The number of halogens is 2. The van der Waals surface area contributed by atoms with Crippen molar-refractivity contribution in [3.63, 3.8) is 0 Å². The molecule has 0 spiro atoms. The van der Waals surface area contributed by atoms with Crippen LogP contribution in [0.1, 0.15) is 41.3 Å². The Morgan fingerprint density at radius 1 is 0.931 bits per heavy atom. The normalized spacial score (nSPS) is 11.2. The first kappa shape index (κ1) is 20.7. The zero-order valence-corrected chi connectivity index (χ0v) is 16.5. The summed E-state index contributed by atoms with van der Waals surface area (Å²) in [6.07, 6.45) is 0. The largest absolute Gasteiger partial charge is 0.455 e. The third-order valence-corrected chi connectivity index (χ3v) is 4.30. The predicted octanol–water partition coefficient (Wildman–Crippen LogP) is 4.90. The van der Waals surface area contributed by atoms with Crippen molar-refractivity contribution in [3.8, 4) is 0 Å². The summed E-state index contributed by atoms with van der Waals surface area (Å²) in [5.41, 5.74) is 1.74. The summed E-state index contributed by atoms with van der Waals surface area (Å²) < 4.78 is 32.5. The van der Waals surface area contributed by atoms with E-state index in [1.54, 1.807) is 30.3 Å². The highest BCUT2D eigenvalue weighted by molar-refractivity contribution is 5.91. The van der Waals surface area contributed by atoms with Crippen LogP contribution in [0, 0.1) is 11.6 Å². The van der Waals surface area contributed by atoms with E-state index in [9.17, 15) is 13.6 Å². The van der Waals surface area contributed by atoms with Crippen LogP contribution in [0.2, 0.25) is 0 Å². The lowest BCUT2D eigenvalue weighted by Crippen LogP contribution is -2.29. The van der Waals surface area contributed by atoms with E-state index in [0.717, 1.165) is 11.1 Å². The molecule has 1 amide bonds. The molecule has 1 N–H and O–H groups in total. The summed E-state index contributed by atoms with van der Waals surface area (Å²) in [5, 5.41) is 2.79. The lowest BCUT2D eigenvalue weighted by Gasteiger charge is -2.21. The first-order valence-corrected chi connectivity index (χ1v) is 9.50. The van der Waals surface area contributed by atoms with E-state index in [0.29, 0.717) is 25.4 Å². The summed E-state index contributed by atoms with van der Waals surface area (Å²) in [5.74, 6) is 0.0206. The first-order valence-electron chi connectivity index (χ1n) is 9.50. The molecule has 29 heavy (non-hydrogen) atoms. The zero-order valence-electron chi connectivity index (χ0n) is 16.5. The van der Waals surface area contributed by atoms with Gasteiger partial charge in [-0.15, -0.1) is 0 Å². The van der Waals surface area contributed by atoms with Crippen LogP contribution >= 0.6 is 0 Å². The molecule has 2 aromatic carbocycles. The van der Waals surface area contributed by atoms with Gasteiger partial charge in [0.1, 0.15) is 17.4 Å². The van der Waals surface area contributed by atoms with Crippen molar-refractivity contribution in [3.05, 3.63) is 94.9 Å². The fourth-order valence-electron chi connectivity index (χ4n) is 3.05. The maximum Gasteiger partial charge on any atom is 0.287 e. The average Bonchev–Trinajstić information content (AvgIpc) is 3.12. The quantitative estimate of drug-likeness (QED) is 0.587. The van der Waals surface area contributed by atoms with Gasteiger partial charge in [-0.2, -0.15) is 0 Å². The zero-order chi connectivity index (χ0) is 20.8. The minimum Gasteiger partial charge on any atom is -0.455 e. The monoisotopic (exact) mass is 398 g/mol. The molecule has 0 bridgehead atoms. The van der Waals surface area contributed by atoms with Crippen molar-refractivity contribution >= 4 is 5.91 Å². The van der Waals surface area contributed by atoms with Crippen molar-refractivity contribution in [1.29, 1.82) is 0 Å². The maximum atomic E-state index is 13.6. The van der Waals surface area contributed by atoms with Gasteiger partial charge in [0, 0.05) is 19.1 Å². The molecule has 0 saturated carbocycles. The number of rotatable bonds is 8. The molecule has 0 aliphatic rings. The number of amides is 1. The minimum atomic E-state index is -0.296. The molecule has 0 unspecified atom stereocenters. The third kappa shape index (κ3) is 6.26. The highest BCUT2D eigenvalue weighted by atomic mass is 19.1. The number of furan rings is 1. The van der Waals surface area contributed by atoms with E-state index >= 15 is 0 Å². The predicted molar refractivity (Wildman–Crippen MR) is 107 cm³/mol. The van der Waals surface area contributed by atoms with Gasteiger partial charge in [0.05, 0.1) is 6.54 Å². The van der Waals surface area contributed by atoms with Crippen molar-refractivity contribution in [2.75, 3.05) is 0 Å². The van der Waals surface area contributed by atoms with Crippen LogP contribution in [-0.4, -0.2) is 16.8 Å². The number of carbonyl (C=O) groups excluding carboxylic acids is 1. The summed E-state index contributed by atoms with van der Waals surface area (Å²) in [7, 11) is 0. The van der Waals surface area contributed by atoms with Gasteiger partial charge in [-0.05, 0) is 61.4 Å². The van der Waals surface area contributed by atoms with E-state index in [1.165, 1.54) is 24.3 Å². The second kappa shape index (κ2) is 9.47. The average molecular weight is 398 g/mol. The first-order chi connectivity index (χ1) is 13.9. The molecule has 1 heterocycles. The smallest absolute Gasteiger partial charge is 0.287 e. The summed E-state index contributed by atoms with van der Waals surface area (Å²) >= 11 is 0. The van der Waals surface area contributed by atoms with Crippen LogP contribution < -0.4 is 5.32 Å². The lowest BCUT2D eigenvalue weighted by atomic mass is 10.1. The van der Waals surface area contributed by atoms with Gasteiger partial charge in [0.2, 0.25) is 0 Å². The molecule has 1 aromatic heterocycles. The minimum absolute atomic E-state index is 0.0130. The molecule has 3 rings (SSSR count). The Balaban J connectivity index is 1.76. The Hall–Kier alpha value is -2.99. The van der Waals surface area contributed by atoms with Crippen molar-refractivity contribution in [2.24, 2.45) is 0 Å². The number of hydrogen-bond acceptors (Lipinski definition) is 3. The lowest BCUT2D eigenvalue weighted by molar-refractivity contribution is 0.0910. The maximum absolute atomic E-state index is 13.6. The van der Waals surface area contributed by atoms with Crippen LogP contribution in [0.15, 0.2) is 65.1 Å². The van der Waals surface area contributed by atoms with Gasteiger partial charge in [-0.25, -0.2) is 8.78 Å². The van der Waals surface area contributed by atoms with Crippen molar-refractivity contribution in [1.82, 2.24) is 10.2 Å². The number of carbonyl (C=O) groups is 1. The van der Waals surface area contributed by atoms with Gasteiger partial charge < -0.3 is 9.73 Å². The van der Waals surface area contributed by atoms with E-state index in [-0.39, 0.29) is 29.3 Å². The Morgan fingerprint density at radius 3 is 2.34 bits per heavy atom. The van der Waals surface area contributed by atoms with E-state index in [2.05, 4.69) is 5.32 Å². The summed E-state index contributed by atoms with van der Waals surface area (Å²) in [6.45, 7) is 5.17. The highest BCUT2D eigenvalue weighted by Crippen LogP contribution is 2.17. The fraction of sp³-hybridized carbons (Fsp3) is 0.261. The van der Waals surface area contributed by atoms with E-state index in [4.69, 9.17) is 4.42 Å². The molecule has 0 fully saturated rings. The molecule has 6 heteroatoms. The van der Waals surface area contributed by atoms with Gasteiger partial charge in [0.15, 0.2) is 5.76 Å². The molecule has 4 nitrogen and oxygen atoms in total. The van der Waals surface area contributed by atoms with Crippen LogP contribution in [-0.2, 0) is 19.6 Å². The molecule has 0 radical (unpaired) electrons. The Morgan fingerprint density at radius 2 is 1.66 bits per heavy atom. The summed E-state index contributed by atoms with van der Waals surface area (Å²) in [6, 6.07) is 16.1. The second-order valence-corrected chi connectivity index (χ2v) is 7.30. The molecule has 0 atom stereocenters.